The SMILES string of the molecule is CC(C)(C)c1nc(Cl)nc2c1CN(C(=O)O)CC2. The summed E-state index contributed by atoms with van der Waals surface area (Å²) in [5, 5.41) is 9.31. The Labute approximate surface area is 111 Å². The number of carbonyl (C=O) groups is 1. The van der Waals surface area contributed by atoms with Crippen molar-refractivity contribution in [2.45, 2.75) is 39.2 Å². The molecule has 1 aliphatic rings. The Balaban J connectivity index is 2.50. The van der Waals surface area contributed by atoms with E-state index in [1.54, 1.807) is 0 Å². The molecule has 5 nitrogen and oxygen atoms in total. The highest BCUT2D eigenvalue weighted by Crippen LogP contribution is 2.30. The summed E-state index contributed by atoms with van der Waals surface area (Å²) in [6, 6.07) is 0. The molecule has 98 valence electrons. The number of amides is 1. The first kappa shape index (κ1) is 13.1. The molecule has 0 radical (unpaired) electrons. The van der Waals surface area contributed by atoms with Crippen LogP contribution in [0.5, 0.6) is 0 Å². The minimum Gasteiger partial charge on any atom is -0.465 e. The van der Waals surface area contributed by atoms with Crippen molar-refractivity contribution in [3.05, 3.63) is 22.2 Å². The van der Waals surface area contributed by atoms with Gasteiger partial charge in [-0.25, -0.2) is 14.8 Å². The summed E-state index contributed by atoms with van der Waals surface area (Å²) in [5.41, 5.74) is 2.43. The Kier molecular flexibility index (Phi) is 3.19. The van der Waals surface area contributed by atoms with E-state index in [1.807, 2.05) is 20.8 Å². The fourth-order valence-electron chi connectivity index (χ4n) is 2.17. The first-order chi connectivity index (χ1) is 8.29. The van der Waals surface area contributed by atoms with Gasteiger partial charge < -0.3 is 10.0 Å². The third-order valence-electron chi connectivity index (χ3n) is 3.01. The smallest absolute Gasteiger partial charge is 0.407 e. The van der Waals surface area contributed by atoms with E-state index in [-0.39, 0.29) is 10.7 Å². The van der Waals surface area contributed by atoms with E-state index in [0.29, 0.717) is 19.5 Å². The van der Waals surface area contributed by atoms with E-state index in [1.165, 1.54) is 4.90 Å². The lowest BCUT2D eigenvalue weighted by Gasteiger charge is -2.30. The van der Waals surface area contributed by atoms with Crippen molar-refractivity contribution < 1.29 is 9.90 Å². The number of nitrogens with zero attached hydrogens (tertiary/aromatic N) is 3. The third-order valence-corrected chi connectivity index (χ3v) is 3.18. The molecule has 2 rings (SSSR count). The van der Waals surface area contributed by atoms with Gasteiger partial charge in [-0.05, 0) is 11.6 Å². The number of fused-ring (bicyclic) bond motifs is 1. The molecule has 0 aliphatic carbocycles. The second-order valence-electron chi connectivity index (χ2n) is 5.47. The van der Waals surface area contributed by atoms with Crippen LogP contribution < -0.4 is 0 Å². The quantitative estimate of drug-likeness (QED) is 0.735. The van der Waals surface area contributed by atoms with Gasteiger partial charge in [0.15, 0.2) is 0 Å². The van der Waals surface area contributed by atoms with Crippen LogP contribution in [0.15, 0.2) is 0 Å². The zero-order valence-corrected chi connectivity index (χ0v) is 11.5. The highest BCUT2D eigenvalue weighted by atomic mass is 35.5. The van der Waals surface area contributed by atoms with Crippen molar-refractivity contribution in [2.75, 3.05) is 6.54 Å². The van der Waals surface area contributed by atoms with Crippen molar-refractivity contribution in [1.29, 1.82) is 0 Å². The van der Waals surface area contributed by atoms with E-state index in [9.17, 15) is 4.79 Å². The molecule has 0 atom stereocenters. The number of hydrogen-bond acceptors (Lipinski definition) is 3. The summed E-state index contributed by atoms with van der Waals surface area (Å²) in [6.07, 6.45) is -0.317. The van der Waals surface area contributed by atoms with Gasteiger partial charge in [0.05, 0.1) is 17.9 Å². The lowest BCUT2D eigenvalue weighted by Crippen LogP contribution is -2.37. The Bertz CT molecular complexity index is 497. The van der Waals surface area contributed by atoms with Crippen LogP contribution in [0.25, 0.3) is 0 Å². The molecule has 6 heteroatoms. The molecule has 0 fully saturated rings. The maximum Gasteiger partial charge on any atom is 0.407 e. The number of rotatable bonds is 0. The lowest BCUT2D eigenvalue weighted by atomic mass is 9.86. The molecule has 1 aliphatic heterocycles. The maximum atomic E-state index is 11.1. The third kappa shape index (κ3) is 2.41. The van der Waals surface area contributed by atoms with Gasteiger partial charge in [0.2, 0.25) is 5.28 Å². The molecule has 0 bridgehead atoms. The Morgan fingerprint density at radius 1 is 1.39 bits per heavy atom. The molecule has 0 saturated carbocycles. The molecule has 1 amide bonds. The van der Waals surface area contributed by atoms with Crippen LogP contribution in [0.2, 0.25) is 5.28 Å². The van der Waals surface area contributed by atoms with Gasteiger partial charge in [-0.2, -0.15) is 0 Å². The zero-order chi connectivity index (χ0) is 13.5. The van der Waals surface area contributed by atoms with Gasteiger partial charge >= 0.3 is 6.09 Å². The van der Waals surface area contributed by atoms with Crippen LogP contribution in [0.3, 0.4) is 0 Å². The summed E-state index contributed by atoms with van der Waals surface area (Å²) in [5.74, 6) is 0. The van der Waals surface area contributed by atoms with Crippen molar-refractivity contribution in [2.24, 2.45) is 0 Å². The summed E-state index contributed by atoms with van der Waals surface area (Å²) < 4.78 is 0. The van der Waals surface area contributed by atoms with Gasteiger partial charge in [-0.3, -0.25) is 0 Å². The van der Waals surface area contributed by atoms with Gasteiger partial charge in [-0.1, -0.05) is 20.8 Å². The van der Waals surface area contributed by atoms with Crippen LogP contribution in [-0.2, 0) is 18.4 Å². The maximum absolute atomic E-state index is 11.1. The van der Waals surface area contributed by atoms with E-state index in [2.05, 4.69) is 9.97 Å². The number of aromatic nitrogens is 2. The predicted molar refractivity (Wildman–Crippen MR) is 67.9 cm³/mol. The highest BCUT2D eigenvalue weighted by molar-refractivity contribution is 6.28. The molecule has 0 spiro atoms. The number of carboxylic acid groups (broad SMARTS) is 1. The molecule has 1 aromatic rings. The average molecular weight is 270 g/mol. The fourth-order valence-corrected chi connectivity index (χ4v) is 2.35. The molecule has 1 aromatic heterocycles. The van der Waals surface area contributed by atoms with E-state index >= 15 is 0 Å². The summed E-state index contributed by atoms with van der Waals surface area (Å²) in [7, 11) is 0. The Hall–Kier alpha value is -1.36. The van der Waals surface area contributed by atoms with E-state index in [4.69, 9.17) is 16.7 Å². The molecule has 0 saturated heterocycles. The second kappa shape index (κ2) is 4.39. The summed E-state index contributed by atoms with van der Waals surface area (Å²) in [6.45, 7) is 6.90. The fraction of sp³-hybridized carbons (Fsp3) is 0.583. The molecule has 0 unspecified atom stereocenters. The molecule has 2 heterocycles. The van der Waals surface area contributed by atoms with Gasteiger partial charge in [0, 0.05) is 23.9 Å². The normalized spacial score (nSPS) is 15.4. The zero-order valence-electron chi connectivity index (χ0n) is 10.7. The molecular formula is C12H16ClN3O2. The topological polar surface area (TPSA) is 66.3 Å². The van der Waals surface area contributed by atoms with Crippen LogP contribution in [0.1, 0.15) is 37.7 Å². The Morgan fingerprint density at radius 2 is 2.06 bits per heavy atom. The summed E-state index contributed by atoms with van der Waals surface area (Å²) >= 11 is 5.93. The highest BCUT2D eigenvalue weighted by Gasteiger charge is 2.29. The van der Waals surface area contributed by atoms with Crippen LogP contribution in [0, 0.1) is 0 Å². The molecule has 0 aromatic carbocycles. The van der Waals surface area contributed by atoms with Crippen molar-refractivity contribution in [1.82, 2.24) is 14.9 Å². The van der Waals surface area contributed by atoms with Crippen LogP contribution in [0.4, 0.5) is 4.79 Å². The molecular weight excluding hydrogens is 254 g/mol. The van der Waals surface area contributed by atoms with Crippen molar-refractivity contribution in [3.8, 4) is 0 Å². The molecule has 1 N–H and O–H groups in total. The average Bonchev–Trinajstić information content (AvgIpc) is 2.25. The minimum absolute atomic E-state index is 0.182. The number of hydrogen-bond donors (Lipinski definition) is 1. The van der Waals surface area contributed by atoms with E-state index < -0.39 is 6.09 Å². The van der Waals surface area contributed by atoms with Gasteiger partial charge in [-0.15, -0.1) is 0 Å². The van der Waals surface area contributed by atoms with Gasteiger partial charge in [0.25, 0.3) is 0 Å². The lowest BCUT2D eigenvalue weighted by molar-refractivity contribution is 0.139. The predicted octanol–water partition coefficient (Wildman–Crippen LogP) is 2.46. The van der Waals surface area contributed by atoms with Crippen molar-refractivity contribution in [3.63, 3.8) is 0 Å². The van der Waals surface area contributed by atoms with Crippen LogP contribution >= 0.6 is 11.6 Å². The van der Waals surface area contributed by atoms with E-state index in [0.717, 1.165) is 17.0 Å². The first-order valence-corrected chi connectivity index (χ1v) is 6.20. The largest absolute Gasteiger partial charge is 0.465 e. The monoisotopic (exact) mass is 269 g/mol. The van der Waals surface area contributed by atoms with Crippen LogP contribution in [-0.4, -0.2) is 32.6 Å². The molecule has 18 heavy (non-hydrogen) atoms. The Morgan fingerprint density at radius 3 is 2.61 bits per heavy atom. The standard InChI is InChI=1S/C12H16ClN3O2/c1-12(2,3)9-7-6-16(11(17)18)5-4-8(7)14-10(13)15-9/h4-6H2,1-3H3,(H,17,18). The van der Waals surface area contributed by atoms with Crippen molar-refractivity contribution >= 4 is 17.7 Å². The second-order valence-corrected chi connectivity index (χ2v) is 5.81. The first-order valence-electron chi connectivity index (χ1n) is 5.82. The minimum atomic E-state index is -0.907. The number of halogens is 1. The van der Waals surface area contributed by atoms with Gasteiger partial charge in [0.1, 0.15) is 0 Å². The summed E-state index contributed by atoms with van der Waals surface area (Å²) in [4.78, 5) is 20.9.